The maximum Gasteiger partial charge on any atom is 0.257 e. The fourth-order valence-corrected chi connectivity index (χ4v) is 3.08. The number of rotatable bonds is 3. The standard InChI is InChI=1S/C18H13ClFN3O2/c19-13-3-1-2-11(8-13)18-21-17(22-25-18)12-9-16(24)23(10-12)15-6-4-14(20)5-7-15/h1-8,12H,9-10H2. The zero-order valence-electron chi connectivity index (χ0n) is 13.0. The van der Waals surface area contributed by atoms with E-state index in [-0.39, 0.29) is 24.1 Å². The predicted molar refractivity (Wildman–Crippen MR) is 90.9 cm³/mol. The molecule has 3 aromatic rings. The van der Waals surface area contributed by atoms with Crippen LogP contribution in [-0.2, 0) is 4.79 Å². The Balaban J connectivity index is 1.55. The van der Waals surface area contributed by atoms with Gasteiger partial charge in [-0.3, -0.25) is 4.79 Å². The molecular weight excluding hydrogens is 345 g/mol. The van der Waals surface area contributed by atoms with Gasteiger partial charge in [0.1, 0.15) is 5.82 Å². The molecule has 126 valence electrons. The number of aromatic nitrogens is 2. The second kappa shape index (κ2) is 6.29. The number of amides is 1. The van der Waals surface area contributed by atoms with Crippen LogP contribution in [0.2, 0.25) is 5.02 Å². The van der Waals surface area contributed by atoms with Crippen LogP contribution >= 0.6 is 11.6 Å². The Hall–Kier alpha value is -2.73. The summed E-state index contributed by atoms with van der Waals surface area (Å²) >= 11 is 5.98. The summed E-state index contributed by atoms with van der Waals surface area (Å²) in [5.41, 5.74) is 1.39. The average molecular weight is 358 g/mol. The van der Waals surface area contributed by atoms with E-state index in [0.717, 1.165) is 5.56 Å². The fraction of sp³-hybridized carbons (Fsp3) is 0.167. The van der Waals surface area contributed by atoms with E-state index in [0.29, 0.717) is 29.0 Å². The molecule has 0 spiro atoms. The molecule has 5 nitrogen and oxygen atoms in total. The van der Waals surface area contributed by atoms with Crippen LogP contribution in [-0.4, -0.2) is 22.6 Å². The number of hydrogen-bond acceptors (Lipinski definition) is 4. The van der Waals surface area contributed by atoms with E-state index in [2.05, 4.69) is 10.1 Å². The van der Waals surface area contributed by atoms with Crippen molar-refractivity contribution in [1.29, 1.82) is 0 Å². The van der Waals surface area contributed by atoms with Crippen molar-refractivity contribution in [2.45, 2.75) is 12.3 Å². The third-order valence-corrected chi connectivity index (χ3v) is 4.38. The SMILES string of the molecule is O=C1CC(c2noc(-c3cccc(Cl)c3)n2)CN1c1ccc(F)cc1. The summed E-state index contributed by atoms with van der Waals surface area (Å²) in [6, 6.07) is 13.0. The summed E-state index contributed by atoms with van der Waals surface area (Å²) in [6.45, 7) is 0.430. The first-order valence-corrected chi connectivity index (χ1v) is 8.13. The monoisotopic (exact) mass is 357 g/mol. The van der Waals surface area contributed by atoms with Crippen LogP contribution in [0.5, 0.6) is 0 Å². The van der Waals surface area contributed by atoms with Crippen LogP contribution < -0.4 is 4.90 Å². The van der Waals surface area contributed by atoms with Gasteiger partial charge in [0.05, 0.1) is 0 Å². The Morgan fingerprint density at radius 1 is 1.20 bits per heavy atom. The van der Waals surface area contributed by atoms with E-state index in [9.17, 15) is 9.18 Å². The Morgan fingerprint density at radius 2 is 2.00 bits per heavy atom. The quantitative estimate of drug-likeness (QED) is 0.709. The number of carbonyl (C=O) groups is 1. The van der Waals surface area contributed by atoms with E-state index in [4.69, 9.17) is 16.1 Å². The van der Waals surface area contributed by atoms with Gasteiger partial charge in [-0.2, -0.15) is 4.98 Å². The van der Waals surface area contributed by atoms with E-state index in [1.54, 1.807) is 35.2 Å². The first-order chi connectivity index (χ1) is 12.1. The van der Waals surface area contributed by atoms with Crippen molar-refractivity contribution in [3.63, 3.8) is 0 Å². The van der Waals surface area contributed by atoms with Crippen molar-refractivity contribution in [1.82, 2.24) is 10.1 Å². The van der Waals surface area contributed by atoms with Crippen molar-refractivity contribution in [3.05, 3.63) is 65.2 Å². The lowest BCUT2D eigenvalue weighted by Crippen LogP contribution is -2.24. The first-order valence-electron chi connectivity index (χ1n) is 7.75. The molecule has 2 aromatic carbocycles. The molecule has 7 heteroatoms. The molecule has 1 saturated heterocycles. The molecule has 1 unspecified atom stereocenters. The summed E-state index contributed by atoms with van der Waals surface area (Å²) in [5.74, 6) is 0.286. The highest BCUT2D eigenvalue weighted by molar-refractivity contribution is 6.30. The molecule has 0 N–H and O–H groups in total. The van der Waals surface area contributed by atoms with Gasteiger partial charge in [0.15, 0.2) is 5.82 Å². The molecule has 0 radical (unpaired) electrons. The number of benzene rings is 2. The third-order valence-electron chi connectivity index (χ3n) is 4.14. The van der Waals surface area contributed by atoms with Crippen molar-refractivity contribution >= 4 is 23.2 Å². The third kappa shape index (κ3) is 3.13. The Labute approximate surface area is 148 Å². The van der Waals surface area contributed by atoms with Gasteiger partial charge < -0.3 is 9.42 Å². The second-order valence-electron chi connectivity index (χ2n) is 5.85. The summed E-state index contributed by atoms with van der Waals surface area (Å²) < 4.78 is 18.4. The van der Waals surface area contributed by atoms with E-state index >= 15 is 0 Å². The number of carbonyl (C=O) groups excluding carboxylic acids is 1. The Kier molecular flexibility index (Phi) is 3.97. The molecule has 2 heterocycles. The van der Waals surface area contributed by atoms with Gasteiger partial charge in [0, 0.05) is 35.2 Å². The molecule has 1 aromatic heterocycles. The first kappa shape index (κ1) is 15.8. The zero-order valence-corrected chi connectivity index (χ0v) is 13.8. The maximum absolute atomic E-state index is 13.1. The van der Waals surface area contributed by atoms with E-state index in [1.165, 1.54) is 12.1 Å². The molecule has 1 aliphatic heterocycles. The number of anilines is 1. The number of nitrogens with zero attached hydrogens (tertiary/aromatic N) is 3. The molecule has 0 saturated carbocycles. The lowest BCUT2D eigenvalue weighted by Gasteiger charge is -2.15. The van der Waals surface area contributed by atoms with Crippen molar-refractivity contribution in [2.24, 2.45) is 0 Å². The average Bonchev–Trinajstić information content (AvgIpc) is 3.23. The largest absolute Gasteiger partial charge is 0.334 e. The molecule has 0 bridgehead atoms. The van der Waals surface area contributed by atoms with E-state index < -0.39 is 0 Å². The van der Waals surface area contributed by atoms with Gasteiger partial charge in [-0.1, -0.05) is 22.8 Å². The molecular formula is C18H13ClFN3O2. The molecule has 1 aliphatic rings. The summed E-state index contributed by atoms with van der Waals surface area (Å²) in [7, 11) is 0. The highest BCUT2D eigenvalue weighted by Gasteiger charge is 2.34. The van der Waals surface area contributed by atoms with Crippen molar-refractivity contribution in [2.75, 3.05) is 11.4 Å². The fourth-order valence-electron chi connectivity index (χ4n) is 2.89. The van der Waals surface area contributed by atoms with Crippen LogP contribution in [0.15, 0.2) is 53.1 Å². The zero-order chi connectivity index (χ0) is 17.4. The Bertz CT molecular complexity index is 926. The molecule has 1 atom stereocenters. The summed E-state index contributed by atoms with van der Waals surface area (Å²) in [5, 5.41) is 4.59. The number of hydrogen-bond donors (Lipinski definition) is 0. The maximum atomic E-state index is 13.1. The second-order valence-corrected chi connectivity index (χ2v) is 6.29. The van der Waals surface area contributed by atoms with Gasteiger partial charge in [0.25, 0.3) is 5.89 Å². The van der Waals surface area contributed by atoms with Crippen LogP contribution in [0.1, 0.15) is 18.2 Å². The highest BCUT2D eigenvalue weighted by Crippen LogP contribution is 2.31. The van der Waals surface area contributed by atoms with E-state index in [1.807, 2.05) is 6.07 Å². The van der Waals surface area contributed by atoms with Crippen LogP contribution in [0.4, 0.5) is 10.1 Å². The highest BCUT2D eigenvalue weighted by atomic mass is 35.5. The summed E-state index contributed by atoms with van der Waals surface area (Å²) in [6.07, 6.45) is 0.284. The molecule has 4 rings (SSSR count). The molecule has 1 fully saturated rings. The van der Waals surface area contributed by atoms with Crippen LogP contribution in [0.25, 0.3) is 11.5 Å². The predicted octanol–water partition coefficient (Wildman–Crippen LogP) is 4.05. The van der Waals surface area contributed by atoms with Crippen LogP contribution in [0.3, 0.4) is 0 Å². The Morgan fingerprint density at radius 3 is 2.76 bits per heavy atom. The minimum absolute atomic E-state index is 0.0503. The smallest absolute Gasteiger partial charge is 0.257 e. The van der Waals surface area contributed by atoms with Gasteiger partial charge in [-0.15, -0.1) is 0 Å². The summed E-state index contributed by atoms with van der Waals surface area (Å²) in [4.78, 5) is 18.3. The normalized spacial score (nSPS) is 17.3. The molecule has 0 aliphatic carbocycles. The molecule has 25 heavy (non-hydrogen) atoms. The van der Waals surface area contributed by atoms with Gasteiger partial charge in [0.2, 0.25) is 5.91 Å². The van der Waals surface area contributed by atoms with Crippen molar-refractivity contribution in [3.8, 4) is 11.5 Å². The van der Waals surface area contributed by atoms with Gasteiger partial charge in [-0.25, -0.2) is 4.39 Å². The van der Waals surface area contributed by atoms with Crippen molar-refractivity contribution < 1.29 is 13.7 Å². The molecule has 1 amide bonds. The van der Waals surface area contributed by atoms with Gasteiger partial charge >= 0.3 is 0 Å². The lowest BCUT2D eigenvalue weighted by molar-refractivity contribution is -0.117. The minimum atomic E-state index is -0.337. The van der Waals surface area contributed by atoms with Crippen LogP contribution in [0, 0.1) is 5.82 Å². The lowest BCUT2D eigenvalue weighted by atomic mass is 10.1. The topological polar surface area (TPSA) is 59.2 Å². The van der Waals surface area contributed by atoms with Gasteiger partial charge in [-0.05, 0) is 42.5 Å². The minimum Gasteiger partial charge on any atom is -0.334 e. The number of halogens is 2.